The highest BCUT2D eigenvalue weighted by Crippen LogP contribution is 2.33. The molecule has 1 aromatic carbocycles. The van der Waals surface area contributed by atoms with Crippen molar-refractivity contribution in [1.29, 1.82) is 0 Å². The van der Waals surface area contributed by atoms with Crippen molar-refractivity contribution >= 4 is 16.9 Å². The van der Waals surface area contributed by atoms with E-state index in [4.69, 9.17) is 4.52 Å². The van der Waals surface area contributed by atoms with E-state index >= 15 is 0 Å². The molecular formula is C19H23N5O. The molecule has 1 N–H and O–H groups in total. The molecule has 0 amide bonds. The van der Waals surface area contributed by atoms with Crippen LogP contribution in [0.4, 0.5) is 5.82 Å². The summed E-state index contributed by atoms with van der Waals surface area (Å²) in [4.78, 5) is 11.2. The lowest BCUT2D eigenvalue weighted by Crippen LogP contribution is -2.34. The van der Waals surface area contributed by atoms with Gasteiger partial charge < -0.3 is 9.84 Å². The van der Waals surface area contributed by atoms with Gasteiger partial charge in [-0.25, -0.2) is 4.98 Å². The number of aryl methyl sites for hydroxylation is 1. The summed E-state index contributed by atoms with van der Waals surface area (Å²) in [6.07, 6.45) is 4.02. The molecule has 0 saturated carbocycles. The highest BCUT2D eigenvalue weighted by molar-refractivity contribution is 5.98. The quantitative estimate of drug-likeness (QED) is 0.769. The molecule has 1 aliphatic rings. The van der Waals surface area contributed by atoms with Crippen LogP contribution in [0, 0.1) is 6.92 Å². The van der Waals surface area contributed by atoms with Crippen LogP contribution in [-0.4, -0.2) is 45.7 Å². The van der Waals surface area contributed by atoms with E-state index < -0.39 is 0 Å². The van der Waals surface area contributed by atoms with Crippen molar-refractivity contribution < 1.29 is 4.52 Å². The zero-order valence-electron chi connectivity index (χ0n) is 14.7. The molecule has 0 unspecified atom stereocenters. The van der Waals surface area contributed by atoms with Gasteiger partial charge in [-0.2, -0.15) is 4.98 Å². The number of anilines is 1. The van der Waals surface area contributed by atoms with Crippen LogP contribution >= 0.6 is 0 Å². The zero-order valence-corrected chi connectivity index (χ0v) is 14.7. The number of nitrogens with one attached hydrogen (secondary N) is 1. The molecule has 130 valence electrons. The number of nitrogens with zero attached hydrogens (tertiary/aromatic N) is 4. The smallest absolute Gasteiger partial charge is 0.263 e. The lowest BCUT2D eigenvalue weighted by Gasteiger charge is -2.23. The maximum absolute atomic E-state index is 5.46. The summed E-state index contributed by atoms with van der Waals surface area (Å²) >= 11 is 0. The second-order valence-electron chi connectivity index (χ2n) is 6.55. The minimum atomic E-state index is 0.523. The molecule has 1 saturated heterocycles. The molecule has 1 aliphatic heterocycles. The molecule has 3 heterocycles. The third-order valence-corrected chi connectivity index (χ3v) is 5.08. The van der Waals surface area contributed by atoms with Gasteiger partial charge in [0.05, 0.1) is 0 Å². The Morgan fingerprint density at radius 3 is 3.00 bits per heavy atom. The molecule has 0 radical (unpaired) electrons. The average Bonchev–Trinajstić information content (AvgIpc) is 3.27. The van der Waals surface area contributed by atoms with Gasteiger partial charge in [-0.15, -0.1) is 0 Å². The van der Waals surface area contributed by atoms with Crippen LogP contribution in [0.3, 0.4) is 0 Å². The maximum atomic E-state index is 5.46. The van der Waals surface area contributed by atoms with Gasteiger partial charge in [0.2, 0.25) is 0 Å². The van der Waals surface area contributed by atoms with E-state index in [-0.39, 0.29) is 0 Å². The predicted molar refractivity (Wildman–Crippen MR) is 98.5 cm³/mol. The van der Waals surface area contributed by atoms with E-state index in [1.54, 1.807) is 0 Å². The predicted octanol–water partition coefficient (Wildman–Crippen LogP) is 3.49. The number of benzene rings is 1. The first-order chi connectivity index (χ1) is 12.3. The molecular weight excluding hydrogens is 314 g/mol. The largest absolute Gasteiger partial charge is 0.368 e. The Balaban J connectivity index is 1.68. The SMILES string of the molecule is CCN1CCC[C@@H]1CNc1ncnc2onc(-c3ccccc3C)c12. The fourth-order valence-electron chi connectivity index (χ4n) is 3.70. The highest BCUT2D eigenvalue weighted by Gasteiger charge is 2.24. The Hall–Kier alpha value is -2.47. The summed E-state index contributed by atoms with van der Waals surface area (Å²) in [6.45, 7) is 7.44. The van der Waals surface area contributed by atoms with Crippen LogP contribution in [0.2, 0.25) is 0 Å². The Morgan fingerprint density at radius 1 is 1.28 bits per heavy atom. The molecule has 0 aliphatic carbocycles. The fraction of sp³-hybridized carbons (Fsp3) is 0.421. The van der Waals surface area contributed by atoms with E-state index in [1.807, 2.05) is 12.1 Å². The van der Waals surface area contributed by atoms with Crippen molar-refractivity contribution in [3.63, 3.8) is 0 Å². The number of aromatic nitrogens is 3. The summed E-state index contributed by atoms with van der Waals surface area (Å²) in [5, 5.41) is 8.65. The number of likely N-dealkylation sites (tertiary alicyclic amines) is 1. The molecule has 6 heteroatoms. The van der Waals surface area contributed by atoms with E-state index in [2.05, 4.69) is 51.3 Å². The van der Waals surface area contributed by atoms with Crippen LogP contribution < -0.4 is 5.32 Å². The summed E-state index contributed by atoms with van der Waals surface area (Å²) in [5.74, 6) is 0.799. The van der Waals surface area contributed by atoms with Gasteiger partial charge in [0, 0.05) is 18.2 Å². The monoisotopic (exact) mass is 337 g/mol. The average molecular weight is 337 g/mol. The van der Waals surface area contributed by atoms with Gasteiger partial charge in [0.25, 0.3) is 5.71 Å². The summed E-state index contributed by atoms with van der Waals surface area (Å²) in [6, 6.07) is 8.72. The summed E-state index contributed by atoms with van der Waals surface area (Å²) in [7, 11) is 0. The number of fused-ring (bicyclic) bond motifs is 1. The van der Waals surface area contributed by atoms with Crippen molar-refractivity contribution in [3.05, 3.63) is 36.2 Å². The number of hydrogen-bond acceptors (Lipinski definition) is 6. The number of likely N-dealkylation sites (N-methyl/N-ethyl adjacent to an activating group) is 1. The van der Waals surface area contributed by atoms with E-state index in [0.717, 1.165) is 41.1 Å². The van der Waals surface area contributed by atoms with Crippen molar-refractivity contribution in [2.45, 2.75) is 32.7 Å². The minimum Gasteiger partial charge on any atom is -0.368 e. The van der Waals surface area contributed by atoms with Crippen LogP contribution in [0.15, 0.2) is 35.1 Å². The lowest BCUT2D eigenvalue weighted by molar-refractivity contribution is 0.277. The maximum Gasteiger partial charge on any atom is 0.263 e. The third kappa shape index (κ3) is 2.98. The molecule has 6 nitrogen and oxygen atoms in total. The molecule has 4 rings (SSSR count). The second kappa shape index (κ2) is 6.80. The van der Waals surface area contributed by atoms with Gasteiger partial charge in [-0.1, -0.05) is 36.3 Å². The molecule has 2 aromatic heterocycles. The van der Waals surface area contributed by atoms with E-state index in [9.17, 15) is 0 Å². The topological polar surface area (TPSA) is 67.1 Å². The number of hydrogen-bond donors (Lipinski definition) is 1. The first kappa shape index (κ1) is 16.0. The lowest BCUT2D eigenvalue weighted by atomic mass is 10.0. The van der Waals surface area contributed by atoms with E-state index in [1.165, 1.54) is 25.7 Å². The Kier molecular flexibility index (Phi) is 4.36. The van der Waals surface area contributed by atoms with Crippen molar-refractivity contribution in [3.8, 4) is 11.3 Å². The standard InChI is InChI=1S/C19H23N5O/c1-3-24-10-6-8-14(24)11-20-18-16-17(15-9-5-4-7-13(15)2)23-25-19(16)22-12-21-18/h4-5,7,9,12,14H,3,6,8,10-11H2,1-2H3,(H,20,21,22)/t14-/m1/s1. The highest BCUT2D eigenvalue weighted by atomic mass is 16.5. The molecule has 3 aromatic rings. The Bertz CT molecular complexity index is 875. The van der Waals surface area contributed by atoms with Crippen molar-refractivity contribution in [2.24, 2.45) is 0 Å². The molecule has 0 bridgehead atoms. The van der Waals surface area contributed by atoms with Crippen LogP contribution in [0.5, 0.6) is 0 Å². The molecule has 0 spiro atoms. The zero-order chi connectivity index (χ0) is 17.2. The molecule has 25 heavy (non-hydrogen) atoms. The van der Waals surface area contributed by atoms with Crippen LogP contribution in [0.1, 0.15) is 25.3 Å². The fourth-order valence-corrected chi connectivity index (χ4v) is 3.70. The Morgan fingerprint density at radius 2 is 2.16 bits per heavy atom. The summed E-state index contributed by atoms with van der Waals surface area (Å²) in [5.41, 5.74) is 3.53. The van der Waals surface area contributed by atoms with E-state index in [0.29, 0.717) is 11.8 Å². The van der Waals surface area contributed by atoms with Crippen LogP contribution in [-0.2, 0) is 0 Å². The van der Waals surface area contributed by atoms with Crippen molar-refractivity contribution in [2.75, 3.05) is 25.0 Å². The number of rotatable bonds is 5. The summed E-state index contributed by atoms with van der Waals surface area (Å²) < 4.78 is 5.46. The Labute approximate surface area is 147 Å². The second-order valence-corrected chi connectivity index (χ2v) is 6.55. The van der Waals surface area contributed by atoms with Crippen LogP contribution in [0.25, 0.3) is 22.4 Å². The minimum absolute atomic E-state index is 0.523. The van der Waals surface area contributed by atoms with Gasteiger partial charge in [-0.3, -0.25) is 4.90 Å². The van der Waals surface area contributed by atoms with Gasteiger partial charge in [-0.05, 0) is 38.4 Å². The van der Waals surface area contributed by atoms with Gasteiger partial charge >= 0.3 is 0 Å². The van der Waals surface area contributed by atoms with Gasteiger partial charge in [0.1, 0.15) is 23.2 Å². The molecule has 1 atom stereocenters. The normalized spacial score (nSPS) is 18.1. The molecule has 1 fully saturated rings. The first-order valence-corrected chi connectivity index (χ1v) is 8.92. The first-order valence-electron chi connectivity index (χ1n) is 8.92. The van der Waals surface area contributed by atoms with Gasteiger partial charge in [0.15, 0.2) is 0 Å². The van der Waals surface area contributed by atoms with Crippen molar-refractivity contribution in [1.82, 2.24) is 20.0 Å². The third-order valence-electron chi connectivity index (χ3n) is 5.08.